The Balaban J connectivity index is 1.54. The zero-order valence-corrected chi connectivity index (χ0v) is 16.0. The maximum absolute atomic E-state index is 12.8. The third kappa shape index (κ3) is 2.94. The quantitative estimate of drug-likeness (QED) is 0.366. The Kier molecular flexibility index (Phi) is 4.07. The van der Waals surface area contributed by atoms with Crippen molar-refractivity contribution in [3.8, 4) is 10.4 Å². The number of fused-ring (bicyclic) bond motifs is 2. The second-order valence-corrected chi connectivity index (χ2v) is 7.65. The van der Waals surface area contributed by atoms with Crippen molar-refractivity contribution in [2.24, 2.45) is 0 Å². The van der Waals surface area contributed by atoms with E-state index in [4.69, 9.17) is 4.42 Å². The number of carboxylic acids is 1. The van der Waals surface area contributed by atoms with E-state index in [1.54, 1.807) is 17.5 Å². The lowest BCUT2D eigenvalue weighted by molar-refractivity contribution is 0.0697. The number of thiophene rings is 1. The van der Waals surface area contributed by atoms with Crippen LogP contribution >= 0.6 is 11.3 Å². The second kappa shape index (κ2) is 6.76. The average Bonchev–Trinajstić information content (AvgIpc) is 3.43. The van der Waals surface area contributed by atoms with Gasteiger partial charge in [-0.1, -0.05) is 36.4 Å². The Hall–Kier alpha value is -3.64. The van der Waals surface area contributed by atoms with Crippen molar-refractivity contribution < 1.29 is 19.1 Å². The number of aromatic nitrogens is 1. The molecule has 5 rings (SSSR count). The molecule has 3 heterocycles. The molecule has 0 amide bonds. The number of carbonyl (C=O) groups excluding carboxylic acids is 1. The van der Waals surface area contributed by atoms with Crippen molar-refractivity contribution in [3.63, 3.8) is 0 Å². The number of benzene rings is 2. The Labute approximate surface area is 169 Å². The topological polar surface area (TPSA) is 83.3 Å². The van der Waals surface area contributed by atoms with E-state index in [0.29, 0.717) is 16.0 Å². The summed E-state index contributed by atoms with van der Waals surface area (Å²) >= 11 is 1.34. The van der Waals surface area contributed by atoms with Crippen molar-refractivity contribution in [2.45, 2.75) is 6.42 Å². The molecule has 0 unspecified atom stereocenters. The molecule has 0 aliphatic rings. The molecule has 0 spiro atoms. The van der Waals surface area contributed by atoms with Gasteiger partial charge in [0, 0.05) is 34.5 Å². The van der Waals surface area contributed by atoms with Crippen LogP contribution in [0.5, 0.6) is 0 Å². The highest BCUT2D eigenvalue weighted by Crippen LogP contribution is 2.38. The first-order valence-corrected chi connectivity index (χ1v) is 9.91. The summed E-state index contributed by atoms with van der Waals surface area (Å²) in [6.45, 7) is 0. The number of para-hydroxylation sites is 2. The van der Waals surface area contributed by atoms with Crippen LogP contribution in [0.15, 0.2) is 70.6 Å². The van der Waals surface area contributed by atoms with E-state index in [1.807, 2.05) is 48.7 Å². The molecule has 29 heavy (non-hydrogen) atoms. The van der Waals surface area contributed by atoms with Crippen LogP contribution in [0.25, 0.3) is 32.3 Å². The van der Waals surface area contributed by atoms with Gasteiger partial charge in [0.25, 0.3) is 0 Å². The van der Waals surface area contributed by atoms with Crippen molar-refractivity contribution in [3.05, 3.63) is 83.1 Å². The summed E-state index contributed by atoms with van der Waals surface area (Å²) in [5.41, 5.74) is 3.06. The van der Waals surface area contributed by atoms with E-state index in [-0.39, 0.29) is 23.5 Å². The molecule has 2 N–H and O–H groups in total. The SMILES string of the molecule is O=C(Cc1csc(-c2c[nH]c3ccccc23)c1C(=O)O)c1cc2ccccc2o1. The highest BCUT2D eigenvalue weighted by molar-refractivity contribution is 7.14. The Bertz CT molecular complexity index is 1360. The summed E-state index contributed by atoms with van der Waals surface area (Å²) in [6.07, 6.45) is 1.79. The smallest absolute Gasteiger partial charge is 0.337 e. The summed E-state index contributed by atoms with van der Waals surface area (Å²) in [6, 6.07) is 16.8. The number of carboxylic acid groups (broad SMARTS) is 1. The van der Waals surface area contributed by atoms with Gasteiger partial charge in [-0.2, -0.15) is 0 Å². The van der Waals surface area contributed by atoms with Gasteiger partial charge in [-0.05, 0) is 29.1 Å². The highest BCUT2D eigenvalue weighted by Gasteiger charge is 2.24. The summed E-state index contributed by atoms with van der Waals surface area (Å²) in [5, 5.41) is 13.4. The third-order valence-electron chi connectivity index (χ3n) is 4.97. The molecule has 0 saturated carbocycles. The van der Waals surface area contributed by atoms with Gasteiger partial charge < -0.3 is 14.5 Å². The van der Waals surface area contributed by atoms with E-state index in [1.165, 1.54) is 11.3 Å². The predicted octanol–water partition coefficient (Wildman–Crippen LogP) is 5.77. The molecule has 0 aliphatic heterocycles. The lowest BCUT2D eigenvalue weighted by Crippen LogP contribution is -2.07. The predicted molar refractivity (Wildman–Crippen MR) is 113 cm³/mol. The number of aromatic carboxylic acids is 1. The molecule has 0 saturated heterocycles. The van der Waals surface area contributed by atoms with Gasteiger partial charge in [-0.15, -0.1) is 11.3 Å². The molecule has 2 aromatic carbocycles. The van der Waals surface area contributed by atoms with Crippen LogP contribution in [0.1, 0.15) is 26.5 Å². The number of hydrogen-bond donors (Lipinski definition) is 2. The number of H-pyrrole nitrogens is 1. The minimum Gasteiger partial charge on any atom is -0.478 e. The van der Waals surface area contributed by atoms with E-state index >= 15 is 0 Å². The molecular formula is C23H15NO4S. The number of furan rings is 1. The fourth-order valence-corrected chi connectivity index (χ4v) is 4.69. The summed E-state index contributed by atoms with van der Waals surface area (Å²) in [4.78, 5) is 28.7. The number of carbonyl (C=O) groups is 2. The van der Waals surface area contributed by atoms with Gasteiger partial charge in [0.15, 0.2) is 5.76 Å². The molecule has 5 aromatic rings. The van der Waals surface area contributed by atoms with Gasteiger partial charge in [-0.25, -0.2) is 4.79 Å². The van der Waals surface area contributed by atoms with Crippen LogP contribution in [0.2, 0.25) is 0 Å². The Morgan fingerprint density at radius 2 is 1.86 bits per heavy atom. The van der Waals surface area contributed by atoms with Crippen LogP contribution in [-0.2, 0) is 6.42 Å². The van der Waals surface area contributed by atoms with Gasteiger partial charge in [0.1, 0.15) is 5.58 Å². The highest BCUT2D eigenvalue weighted by atomic mass is 32.1. The Morgan fingerprint density at radius 1 is 1.07 bits per heavy atom. The maximum Gasteiger partial charge on any atom is 0.337 e. The number of Topliss-reactive ketones (excluding diaryl/α,β-unsaturated/α-hetero) is 1. The summed E-state index contributed by atoms with van der Waals surface area (Å²) < 4.78 is 5.64. The number of hydrogen-bond acceptors (Lipinski definition) is 4. The van der Waals surface area contributed by atoms with Gasteiger partial charge in [0.2, 0.25) is 5.78 Å². The van der Waals surface area contributed by atoms with E-state index in [9.17, 15) is 14.7 Å². The molecule has 0 atom stereocenters. The monoisotopic (exact) mass is 401 g/mol. The summed E-state index contributed by atoms with van der Waals surface area (Å²) in [7, 11) is 0. The van der Waals surface area contributed by atoms with E-state index in [0.717, 1.165) is 21.9 Å². The number of nitrogens with one attached hydrogen (secondary N) is 1. The molecule has 6 heteroatoms. The zero-order chi connectivity index (χ0) is 20.0. The van der Waals surface area contributed by atoms with Crippen LogP contribution in [0.3, 0.4) is 0 Å². The average molecular weight is 401 g/mol. The first-order valence-electron chi connectivity index (χ1n) is 9.04. The van der Waals surface area contributed by atoms with Gasteiger partial charge in [0.05, 0.1) is 10.4 Å². The van der Waals surface area contributed by atoms with Crippen molar-refractivity contribution in [1.29, 1.82) is 0 Å². The molecule has 0 bridgehead atoms. The van der Waals surface area contributed by atoms with Crippen LogP contribution in [0, 0.1) is 0 Å². The first kappa shape index (κ1) is 17.5. The minimum absolute atomic E-state index is 0.0275. The lowest BCUT2D eigenvalue weighted by atomic mass is 10.0. The normalized spacial score (nSPS) is 11.3. The molecule has 0 radical (unpaired) electrons. The van der Waals surface area contributed by atoms with Gasteiger partial charge in [-0.3, -0.25) is 4.79 Å². The lowest BCUT2D eigenvalue weighted by Gasteiger charge is -2.02. The van der Waals surface area contributed by atoms with Crippen molar-refractivity contribution in [2.75, 3.05) is 0 Å². The molecule has 0 fully saturated rings. The zero-order valence-electron chi connectivity index (χ0n) is 15.1. The Morgan fingerprint density at radius 3 is 2.69 bits per heavy atom. The second-order valence-electron chi connectivity index (χ2n) is 6.77. The molecular weight excluding hydrogens is 386 g/mol. The molecule has 142 valence electrons. The van der Waals surface area contributed by atoms with Crippen molar-refractivity contribution in [1.82, 2.24) is 4.98 Å². The minimum atomic E-state index is -1.04. The van der Waals surface area contributed by atoms with Crippen LogP contribution < -0.4 is 0 Å². The third-order valence-corrected chi connectivity index (χ3v) is 6.03. The van der Waals surface area contributed by atoms with Crippen LogP contribution in [0.4, 0.5) is 0 Å². The largest absolute Gasteiger partial charge is 0.478 e. The first-order chi connectivity index (χ1) is 14.1. The standard InChI is InChI=1S/C23H15NO4S/c25-18(20-10-13-5-1-4-8-19(13)28-20)9-14-12-29-22(21(14)23(26)27)16-11-24-17-7-3-2-6-15(16)17/h1-8,10-12,24H,9H2,(H,26,27). The van der Waals surface area contributed by atoms with Crippen molar-refractivity contribution >= 4 is 45.0 Å². The van der Waals surface area contributed by atoms with Crippen LogP contribution in [-0.4, -0.2) is 21.8 Å². The molecule has 3 aromatic heterocycles. The fraction of sp³-hybridized carbons (Fsp3) is 0.0435. The molecule has 0 aliphatic carbocycles. The van der Waals surface area contributed by atoms with E-state index in [2.05, 4.69) is 4.98 Å². The maximum atomic E-state index is 12.8. The van der Waals surface area contributed by atoms with E-state index < -0.39 is 5.97 Å². The molecule has 5 nitrogen and oxygen atoms in total. The summed E-state index contributed by atoms with van der Waals surface area (Å²) in [5.74, 6) is -1.05. The fourth-order valence-electron chi connectivity index (χ4n) is 3.60. The number of ketones is 1. The van der Waals surface area contributed by atoms with Gasteiger partial charge >= 0.3 is 5.97 Å². The number of aromatic amines is 1. The number of rotatable bonds is 5.